The van der Waals surface area contributed by atoms with Crippen LogP contribution in [-0.4, -0.2) is 25.3 Å². The number of nitrogens with two attached hydrogens (primary N) is 1. The Kier molecular flexibility index (Phi) is 5.82. The van der Waals surface area contributed by atoms with E-state index in [9.17, 15) is 18.0 Å². The summed E-state index contributed by atoms with van der Waals surface area (Å²) in [6.45, 7) is 1.37. The molecular weight excluding hydrogens is 273 g/mol. The van der Waals surface area contributed by atoms with Crippen molar-refractivity contribution in [3.05, 3.63) is 23.8 Å². The van der Waals surface area contributed by atoms with Crippen LogP contribution in [0.3, 0.4) is 0 Å². The van der Waals surface area contributed by atoms with Crippen LogP contribution in [-0.2, 0) is 9.53 Å². The number of nitrogens with one attached hydrogen (secondary N) is 1. The minimum absolute atomic E-state index is 0.108. The van der Waals surface area contributed by atoms with Gasteiger partial charge in [0.15, 0.2) is 0 Å². The quantitative estimate of drug-likeness (QED) is 0.625. The van der Waals surface area contributed by atoms with E-state index >= 15 is 0 Å². The fourth-order valence-electron chi connectivity index (χ4n) is 1.51. The zero-order valence-electron chi connectivity index (χ0n) is 11.1. The van der Waals surface area contributed by atoms with Crippen LogP contribution in [0.5, 0.6) is 0 Å². The number of alkyl halides is 3. The second kappa shape index (κ2) is 7.14. The van der Waals surface area contributed by atoms with E-state index in [4.69, 9.17) is 10.5 Å². The van der Waals surface area contributed by atoms with Gasteiger partial charge in [0.25, 0.3) is 0 Å². The molecule has 0 aliphatic rings. The second-order valence-electron chi connectivity index (χ2n) is 4.34. The van der Waals surface area contributed by atoms with Gasteiger partial charge in [-0.3, -0.25) is 4.79 Å². The predicted molar refractivity (Wildman–Crippen MR) is 70.3 cm³/mol. The fraction of sp³-hybridized carbons (Fsp3) is 0.462. The van der Waals surface area contributed by atoms with Crippen molar-refractivity contribution in [2.45, 2.75) is 25.9 Å². The molecule has 0 aromatic heterocycles. The molecule has 0 saturated carbocycles. The molecule has 0 spiro atoms. The van der Waals surface area contributed by atoms with E-state index in [1.165, 1.54) is 0 Å². The number of rotatable bonds is 6. The number of ether oxygens (including phenoxy) is 1. The number of hydrogen-bond donors (Lipinski definition) is 2. The number of carbonyl (C=O) groups is 1. The Bertz CT molecular complexity index is 461. The van der Waals surface area contributed by atoms with E-state index in [0.29, 0.717) is 11.4 Å². The summed E-state index contributed by atoms with van der Waals surface area (Å²) in [5.74, 6) is -0.425. The number of halogens is 3. The number of carbonyl (C=O) groups excluding carboxylic acids is 1. The summed E-state index contributed by atoms with van der Waals surface area (Å²) < 4.78 is 40.5. The van der Waals surface area contributed by atoms with Gasteiger partial charge in [-0.15, -0.1) is 0 Å². The highest BCUT2D eigenvalue weighted by Gasteiger charge is 2.25. The zero-order valence-corrected chi connectivity index (χ0v) is 11.1. The standard InChI is InChI=1S/C13H17F3N2O2/c1-9-10(17)4-2-5-11(9)18-12(19)8-20-7-3-6-13(14,15)16/h2,4-5H,3,6-8,17H2,1H3,(H,18,19). The van der Waals surface area contributed by atoms with Crippen molar-refractivity contribution >= 4 is 17.3 Å². The highest BCUT2D eigenvalue weighted by atomic mass is 19.4. The van der Waals surface area contributed by atoms with Gasteiger partial charge < -0.3 is 15.8 Å². The van der Waals surface area contributed by atoms with Crippen molar-refractivity contribution in [1.29, 1.82) is 0 Å². The molecule has 0 aliphatic heterocycles. The molecule has 1 aromatic rings. The lowest BCUT2D eigenvalue weighted by Gasteiger charge is -2.10. The minimum atomic E-state index is -4.19. The predicted octanol–water partition coefficient (Wildman–Crippen LogP) is 2.87. The van der Waals surface area contributed by atoms with Crippen molar-refractivity contribution in [2.24, 2.45) is 0 Å². The topological polar surface area (TPSA) is 64.3 Å². The van der Waals surface area contributed by atoms with E-state index in [2.05, 4.69) is 5.32 Å². The maximum Gasteiger partial charge on any atom is 0.389 e. The third-order valence-corrected chi connectivity index (χ3v) is 2.63. The Hall–Kier alpha value is -1.76. The van der Waals surface area contributed by atoms with Crippen LogP contribution in [0.2, 0.25) is 0 Å². The molecule has 7 heteroatoms. The molecule has 0 fully saturated rings. The largest absolute Gasteiger partial charge is 0.398 e. The molecule has 1 amide bonds. The normalized spacial score (nSPS) is 11.4. The lowest BCUT2D eigenvalue weighted by molar-refractivity contribution is -0.138. The van der Waals surface area contributed by atoms with E-state index in [0.717, 1.165) is 5.56 Å². The summed E-state index contributed by atoms with van der Waals surface area (Å²) >= 11 is 0. The van der Waals surface area contributed by atoms with E-state index < -0.39 is 18.5 Å². The molecule has 0 heterocycles. The average Bonchev–Trinajstić information content (AvgIpc) is 2.33. The Morgan fingerprint density at radius 3 is 2.75 bits per heavy atom. The smallest absolute Gasteiger partial charge is 0.389 e. The number of nitrogen functional groups attached to an aromatic ring is 1. The zero-order chi connectivity index (χ0) is 15.2. The van der Waals surface area contributed by atoms with Crippen LogP contribution in [0.15, 0.2) is 18.2 Å². The lowest BCUT2D eigenvalue weighted by atomic mass is 10.1. The number of anilines is 2. The van der Waals surface area contributed by atoms with Crippen LogP contribution < -0.4 is 11.1 Å². The summed E-state index contributed by atoms with van der Waals surface area (Å²) in [4.78, 5) is 11.5. The highest BCUT2D eigenvalue weighted by Crippen LogP contribution is 2.21. The molecule has 0 saturated heterocycles. The van der Waals surface area contributed by atoms with Crippen molar-refractivity contribution < 1.29 is 22.7 Å². The molecule has 1 rings (SSSR count). The first-order chi connectivity index (χ1) is 9.29. The monoisotopic (exact) mass is 290 g/mol. The van der Waals surface area contributed by atoms with Crippen molar-refractivity contribution in [1.82, 2.24) is 0 Å². The number of amides is 1. The highest BCUT2D eigenvalue weighted by molar-refractivity contribution is 5.93. The summed E-state index contributed by atoms with van der Waals surface area (Å²) in [5.41, 5.74) is 7.54. The van der Waals surface area contributed by atoms with Crippen LogP contribution in [0.25, 0.3) is 0 Å². The lowest BCUT2D eigenvalue weighted by Crippen LogP contribution is -2.20. The first kappa shape index (κ1) is 16.3. The molecule has 4 nitrogen and oxygen atoms in total. The van der Waals surface area contributed by atoms with Crippen LogP contribution in [0.4, 0.5) is 24.5 Å². The Labute approximate surface area is 115 Å². The summed E-state index contributed by atoms with van der Waals surface area (Å²) in [6, 6.07) is 5.09. The molecule has 0 radical (unpaired) electrons. The number of hydrogen-bond acceptors (Lipinski definition) is 3. The molecule has 0 atom stereocenters. The molecule has 0 aliphatic carbocycles. The van der Waals surface area contributed by atoms with Gasteiger partial charge in [0.1, 0.15) is 6.61 Å². The summed E-state index contributed by atoms with van der Waals surface area (Å²) in [5, 5.41) is 2.59. The molecule has 1 aromatic carbocycles. The minimum Gasteiger partial charge on any atom is -0.398 e. The van der Waals surface area contributed by atoms with Gasteiger partial charge >= 0.3 is 6.18 Å². The summed E-state index contributed by atoms with van der Waals surface area (Å²) in [6.07, 6.45) is -5.26. The fourth-order valence-corrected chi connectivity index (χ4v) is 1.51. The van der Waals surface area contributed by atoms with Gasteiger partial charge in [0.05, 0.1) is 0 Å². The third kappa shape index (κ3) is 5.92. The first-order valence-corrected chi connectivity index (χ1v) is 6.09. The van der Waals surface area contributed by atoms with Crippen LogP contribution >= 0.6 is 0 Å². The molecule has 0 bridgehead atoms. The van der Waals surface area contributed by atoms with E-state index in [1.807, 2.05) is 0 Å². The SMILES string of the molecule is Cc1c(N)cccc1NC(=O)COCCCC(F)(F)F. The van der Waals surface area contributed by atoms with Crippen molar-refractivity contribution in [2.75, 3.05) is 24.3 Å². The van der Waals surface area contributed by atoms with Gasteiger partial charge in [-0.05, 0) is 31.0 Å². The van der Waals surface area contributed by atoms with Crippen LogP contribution in [0, 0.1) is 6.92 Å². The number of benzene rings is 1. The Balaban J connectivity index is 2.29. The first-order valence-electron chi connectivity index (χ1n) is 6.09. The van der Waals surface area contributed by atoms with Crippen molar-refractivity contribution in [3.63, 3.8) is 0 Å². The Morgan fingerprint density at radius 1 is 1.40 bits per heavy atom. The van der Waals surface area contributed by atoms with Gasteiger partial charge in [0.2, 0.25) is 5.91 Å². The maximum absolute atomic E-state index is 11.9. The van der Waals surface area contributed by atoms with Crippen molar-refractivity contribution in [3.8, 4) is 0 Å². The molecular formula is C13H17F3N2O2. The third-order valence-electron chi connectivity index (χ3n) is 2.63. The second-order valence-corrected chi connectivity index (χ2v) is 4.34. The van der Waals surface area contributed by atoms with E-state index in [1.54, 1.807) is 25.1 Å². The molecule has 3 N–H and O–H groups in total. The van der Waals surface area contributed by atoms with Gasteiger partial charge in [-0.25, -0.2) is 0 Å². The Morgan fingerprint density at radius 2 is 2.10 bits per heavy atom. The van der Waals surface area contributed by atoms with Gasteiger partial charge in [-0.2, -0.15) is 13.2 Å². The maximum atomic E-state index is 11.9. The summed E-state index contributed by atoms with van der Waals surface area (Å²) in [7, 11) is 0. The van der Waals surface area contributed by atoms with Gasteiger partial charge in [-0.1, -0.05) is 6.07 Å². The van der Waals surface area contributed by atoms with E-state index in [-0.39, 0.29) is 19.6 Å². The van der Waals surface area contributed by atoms with Crippen LogP contribution in [0.1, 0.15) is 18.4 Å². The molecule has 20 heavy (non-hydrogen) atoms. The molecule has 0 unspecified atom stereocenters. The average molecular weight is 290 g/mol. The van der Waals surface area contributed by atoms with Gasteiger partial charge in [0, 0.05) is 24.4 Å². The molecule has 112 valence electrons.